The average Bonchev–Trinajstić information content (AvgIpc) is 3.47. The molecule has 256 valence electrons. The molecule has 48 heavy (non-hydrogen) atoms. The molecule has 4 atom stereocenters. The van der Waals surface area contributed by atoms with Crippen molar-refractivity contribution in [1.82, 2.24) is 4.90 Å². The number of rotatable bonds is 8. The van der Waals surface area contributed by atoms with Gasteiger partial charge in [0.15, 0.2) is 5.79 Å². The van der Waals surface area contributed by atoms with Gasteiger partial charge in [-0.3, -0.25) is 4.79 Å². The standard InChI is InChI=1S/C35H37F4N3O6/c36-23-7-5-21(6-8-23)30(22-15-24(37)17-25(38)16-22)31(40)32(43)41-29-4-1-3-28(39)27(29)10-9-26-18-42(33(44)45)20-34(48-26)11-2-12-35(19-34)46-13-14-47-35/h1,3-8,15-17,26,30-31H,2,9-14,18-20,40H2,(H,41,43)(H,44,45)/t26?,30-,31-,34?/m0/s1. The third kappa shape index (κ3) is 7.34. The fraction of sp³-hybridized carbons (Fsp3) is 0.429. The van der Waals surface area contributed by atoms with E-state index in [9.17, 15) is 27.9 Å². The highest BCUT2D eigenvalue weighted by Crippen LogP contribution is 2.45. The highest BCUT2D eigenvalue weighted by Gasteiger charge is 2.53. The maximum absolute atomic E-state index is 15.3. The van der Waals surface area contributed by atoms with Gasteiger partial charge in [-0.2, -0.15) is 0 Å². The minimum Gasteiger partial charge on any atom is -0.465 e. The number of amides is 2. The smallest absolute Gasteiger partial charge is 0.407 e. The van der Waals surface area contributed by atoms with E-state index >= 15 is 4.39 Å². The van der Waals surface area contributed by atoms with Crippen molar-refractivity contribution in [1.29, 1.82) is 0 Å². The van der Waals surface area contributed by atoms with Crippen LogP contribution in [0.15, 0.2) is 60.7 Å². The van der Waals surface area contributed by atoms with Crippen LogP contribution in [0, 0.1) is 23.3 Å². The number of halogens is 4. The maximum atomic E-state index is 15.3. The average molecular weight is 672 g/mol. The highest BCUT2D eigenvalue weighted by molar-refractivity contribution is 5.96. The van der Waals surface area contributed by atoms with Gasteiger partial charge < -0.3 is 35.3 Å². The zero-order chi connectivity index (χ0) is 34.1. The SMILES string of the molecule is N[C@H](C(=O)Nc1cccc(F)c1CCC1CN(C(=O)O)CC2(CCCC3(C2)OCCO3)O1)[C@@H](c1ccc(F)cc1)c1cc(F)cc(F)c1. The van der Waals surface area contributed by atoms with E-state index in [4.69, 9.17) is 19.9 Å². The molecular weight excluding hydrogens is 634 g/mol. The molecule has 0 radical (unpaired) electrons. The van der Waals surface area contributed by atoms with Crippen LogP contribution in [0.25, 0.3) is 0 Å². The van der Waals surface area contributed by atoms with Crippen LogP contribution >= 0.6 is 0 Å². The van der Waals surface area contributed by atoms with Crippen LogP contribution < -0.4 is 11.1 Å². The lowest BCUT2D eigenvalue weighted by Gasteiger charge is -2.51. The number of morpholine rings is 1. The van der Waals surface area contributed by atoms with Gasteiger partial charge in [-0.05, 0) is 73.2 Å². The molecule has 6 rings (SSSR count). The second-order valence-electron chi connectivity index (χ2n) is 12.8. The summed E-state index contributed by atoms with van der Waals surface area (Å²) in [7, 11) is 0. The number of anilines is 1. The second kappa shape index (κ2) is 13.8. The Morgan fingerprint density at radius 2 is 1.67 bits per heavy atom. The summed E-state index contributed by atoms with van der Waals surface area (Å²) in [4.78, 5) is 27.1. The van der Waals surface area contributed by atoms with Crippen molar-refractivity contribution < 1.29 is 46.5 Å². The van der Waals surface area contributed by atoms with E-state index < -0.39 is 64.7 Å². The minimum absolute atomic E-state index is 0.0606. The Balaban J connectivity index is 1.21. The van der Waals surface area contributed by atoms with Gasteiger partial charge in [0.25, 0.3) is 0 Å². The lowest BCUT2D eigenvalue weighted by molar-refractivity contribution is -0.253. The molecule has 13 heteroatoms. The number of benzene rings is 3. The van der Waals surface area contributed by atoms with E-state index in [1.807, 2.05) is 0 Å². The molecule has 2 amide bonds. The monoisotopic (exact) mass is 671 g/mol. The van der Waals surface area contributed by atoms with Gasteiger partial charge in [0, 0.05) is 36.1 Å². The van der Waals surface area contributed by atoms with Gasteiger partial charge in [0.2, 0.25) is 5.91 Å². The zero-order valence-corrected chi connectivity index (χ0v) is 26.1. The predicted octanol–water partition coefficient (Wildman–Crippen LogP) is 5.71. The summed E-state index contributed by atoms with van der Waals surface area (Å²) in [6, 6.07) is 10.6. The van der Waals surface area contributed by atoms with Gasteiger partial charge in [-0.1, -0.05) is 18.2 Å². The largest absolute Gasteiger partial charge is 0.465 e. The van der Waals surface area contributed by atoms with Crippen molar-refractivity contribution in [3.05, 3.63) is 101 Å². The molecule has 3 aliphatic rings. The second-order valence-corrected chi connectivity index (χ2v) is 12.8. The first-order valence-corrected chi connectivity index (χ1v) is 15.9. The van der Waals surface area contributed by atoms with Crippen molar-refractivity contribution in [2.45, 2.75) is 68.0 Å². The summed E-state index contributed by atoms with van der Waals surface area (Å²) in [6.07, 6.45) is 1.06. The lowest BCUT2D eigenvalue weighted by atomic mass is 9.79. The molecule has 3 aromatic rings. The molecule has 1 aliphatic carbocycles. The molecule has 4 N–H and O–H groups in total. The van der Waals surface area contributed by atoms with Gasteiger partial charge in [-0.15, -0.1) is 0 Å². The number of carboxylic acid groups (broad SMARTS) is 1. The predicted molar refractivity (Wildman–Crippen MR) is 166 cm³/mol. The Labute approximate surface area is 275 Å². The first-order chi connectivity index (χ1) is 22.9. The quantitative estimate of drug-likeness (QED) is 0.262. The van der Waals surface area contributed by atoms with Crippen molar-refractivity contribution in [3.8, 4) is 0 Å². The van der Waals surface area contributed by atoms with Crippen LogP contribution in [0.4, 0.5) is 28.0 Å². The minimum atomic E-state index is -1.42. The summed E-state index contributed by atoms with van der Waals surface area (Å²) in [6.45, 7) is 1.15. The van der Waals surface area contributed by atoms with Crippen LogP contribution in [-0.4, -0.2) is 71.8 Å². The van der Waals surface area contributed by atoms with Crippen molar-refractivity contribution in [2.24, 2.45) is 5.73 Å². The highest BCUT2D eigenvalue weighted by atomic mass is 19.1. The topological polar surface area (TPSA) is 123 Å². The van der Waals surface area contributed by atoms with Crippen LogP contribution in [0.3, 0.4) is 0 Å². The number of carbonyl (C=O) groups is 2. The van der Waals surface area contributed by atoms with Crippen LogP contribution in [-0.2, 0) is 25.4 Å². The summed E-state index contributed by atoms with van der Waals surface area (Å²) < 4.78 is 76.0. The van der Waals surface area contributed by atoms with Gasteiger partial charge >= 0.3 is 6.09 Å². The van der Waals surface area contributed by atoms with Crippen molar-refractivity contribution in [3.63, 3.8) is 0 Å². The third-order valence-corrected chi connectivity index (χ3v) is 9.41. The Kier molecular flexibility index (Phi) is 9.75. The molecule has 2 heterocycles. The Morgan fingerprint density at radius 3 is 2.35 bits per heavy atom. The Hall–Kier alpha value is -4.04. The molecule has 9 nitrogen and oxygen atoms in total. The normalized spacial score (nSPS) is 23.3. The molecular formula is C35H37F4N3O6. The first-order valence-electron chi connectivity index (χ1n) is 15.9. The molecule has 2 saturated heterocycles. The molecule has 3 fully saturated rings. The maximum Gasteiger partial charge on any atom is 0.407 e. The number of ether oxygens (including phenoxy) is 3. The molecule has 2 unspecified atom stereocenters. The van der Waals surface area contributed by atoms with Crippen molar-refractivity contribution >= 4 is 17.7 Å². The lowest BCUT2D eigenvalue weighted by Crippen LogP contribution is -2.61. The summed E-state index contributed by atoms with van der Waals surface area (Å²) in [5, 5.41) is 12.6. The molecule has 1 saturated carbocycles. The fourth-order valence-corrected chi connectivity index (χ4v) is 7.34. The van der Waals surface area contributed by atoms with Gasteiger partial charge in [0.05, 0.1) is 44.1 Å². The van der Waals surface area contributed by atoms with Crippen LogP contribution in [0.2, 0.25) is 0 Å². The van der Waals surface area contributed by atoms with Crippen LogP contribution in [0.5, 0.6) is 0 Å². The number of nitrogens with one attached hydrogen (secondary N) is 1. The molecule has 2 spiro atoms. The summed E-state index contributed by atoms with van der Waals surface area (Å²) >= 11 is 0. The first kappa shape index (κ1) is 33.8. The molecule has 0 bridgehead atoms. The number of nitrogens with zero attached hydrogens (tertiary/aromatic N) is 1. The molecule has 0 aromatic heterocycles. The Morgan fingerprint density at radius 1 is 0.958 bits per heavy atom. The number of hydrogen-bond donors (Lipinski definition) is 3. The molecule has 2 aliphatic heterocycles. The van der Waals surface area contributed by atoms with Gasteiger partial charge in [0.1, 0.15) is 23.3 Å². The zero-order valence-electron chi connectivity index (χ0n) is 26.1. The van der Waals surface area contributed by atoms with E-state index in [0.29, 0.717) is 44.1 Å². The fourth-order valence-electron chi connectivity index (χ4n) is 7.34. The third-order valence-electron chi connectivity index (χ3n) is 9.41. The molecule has 3 aromatic carbocycles. The Bertz CT molecular complexity index is 1630. The van der Waals surface area contributed by atoms with E-state index in [1.54, 1.807) is 0 Å². The summed E-state index contributed by atoms with van der Waals surface area (Å²) in [5.74, 6) is -5.56. The summed E-state index contributed by atoms with van der Waals surface area (Å²) in [5.41, 5.74) is 6.28. The number of nitrogens with two attached hydrogens (primary N) is 1. The number of hydrogen-bond acceptors (Lipinski definition) is 6. The van der Waals surface area contributed by atoms with E-state index in [2.05, 4.69) is 5.32 Å². The van der Waals surface area contributed by atoms with Gasteiger partial charge in [-0.25, -0.2) is 22.4 Å². The number of carbonyl (C=O) groups excluding carboxylic acids is 1. The van der Waals surface area contributed by atoms with E-state index in [0.717, 1.165) is 30.7 Å². The van der Waals surface area contributed by atoms with Crippen molar-refractivity contribution in [2.75, 3.05) is 31.6 Å². The van der Waals surface area contributed by atoms with E-state index in [1.165, 1.54) is 35.2 Å². The van der Waals surface area contributed by atoms with Crippen LogP contribution in [0.1, 0.15) is 54.7 Å². The van der Waals surface area contributed by atoms with E-state index in [-0.39, 0.29) is 42.7 Å².